The van der Waals surface area contributed by atoms with Crippen LogP contribution in [0.25, 0.3) is 11.4 Å². The number of hydrogen-bond donors (Lipinski definition) is 1. The first kappa shape index (κ1) is 18.1. The molecule has 1 fully saturated rings. The molecular weight excluding hydrogens is 360 g/mol. The van der Waals surface area contributed by atoms with Gasteiger partial charge in [0.1, 0.15) is 12.4 Å². The van der Waals surface area contributed by atoms with E-state index in [1.807, 2.05) is 37.3 Å². The van der Waals surface area contributed by atoms with Gasteiger partial charge in [0.05, 0.1) is 0 Å². The molecule has 146 valence electrons. The van der Waals surface area contributed by atoms with Crippen molar-refractivity contribution < 1.29 is 4.79 Å². The van der Waals surface area contributed by atoms with Gasteiger partial charge in [-0.1, -0.05) is 30.3 Å². The molecule has 0 unspecified atom stereocenters. The first-order valence-electron chi connectivity index (χ1n) is 9.41. The number of aromatic amines is 1. The van der Waals surface area contributed by atoms with E-state index in [-0.39, 0.29) is 24.1 Å². The lowest BCUT2D eigenvalue weighted by atomic mass is 9.97. The van der Waals surface area contributed by atoms with Gasteiger partial charge in [-0.2, -0.15) is 9.90 Å². The second-order valence-electron chi connectivity index (χ2n) is 6.82. The normalized spacial score (nSPS) is 17.0. The van der Waals surface area contributed by atoms with E-state index in [4.69, 9.17) is 0 Å². The number of amides is 1. The summed E-state index contributed by atoms with van der Waals surface area (Å²) in [4.78, 5) is 27.7. The summed E-state index contributed by atoms with van der Waals surface area (Å²) in [6, 6.07) is 9.52. The van der Waals surface area contributed by atoms with E-state index >= 15 is 0 Å². The molecule has 1 aliphatic rings. The van der Waals surface area contributed by atoms with Crippen LogP contribution in [-0.4, -0.2) is 58.9 Å². The summed E-state index contributed by atoms with van der Waals surface area (Å²) in [6.07, 6.45) is 1.76. The third kappa shape index (κ3) is 3.57. The molecule has 1 aliphatic heterocycles. The number of tetrazole rings is 1. The summed E-state index contributed by atoms with van der Waals surface area (Å²) in [6.45, 7) is 3.71. The summed E-state index contributed by atoms with van der Waals surface area (Å²) in [5.74, 6) is 1.19. The molecule has 4 rings (SSSR count). The van der Waals surface area contributed by atoms with Gasteiger partial charge in [-0.05, 0) is 25.0 Å². The number of hydrogen-bond acceptors (Lipinski definition) is 6. The summed E-state index contributed by atoms with van der Waals surface area (Å²) in [5.41, 5.74) is 0.650. The number of piperidine rings is 1. The molecule has 0 aliphatic carbocycles. The van der Waals surface area contributed by atoms with Crippen LogP contribution < -0.4 is 5.69 Å². The average Bonchev–Trinajstić information content (AvgIpc) is 3.35. The lowest BCUT2D eigenvalue weighted by Crippen LogP contribution is -2.42. The monoisotopic (exact) mass is 382 g/mol. The Bertz CT molecular complexity index is 1010. The SMILES string of the molecule is CCn1c([C@H]2CCCN(C(=O)Cn3nnc(-c4ccccc4)n3)C2)n[nH]c1=O. The highest BCUT2D eigenvalue weighted by Gasteiger charge is 2.28. The van der Waals surface area contributed by atoms with Gasteiger partial charge in [-0.3, -0.25) is 9.36 Å². The van der Waals surface area contributed by atoms with Gasteiger partial charge >= 0.3 is 5.69 Å². The van der Waals surface area contributed by atoms with Crippen molar-refractivity contribution in [2.24, 2.45) is 0 Å². The molecule has 0 spiro atoms. The highest BCUT2D eigenvalue weighted by molar-refractivity contribution is 5.76. The third-order valence-corrected chi connectivity index (χ3v) is 5.00. The van der Waals surface area contributed by atoms with E-state index in [9.17, 15) is 9.59 Å². The predicted octanol–water partition coefficient (Wildman–Crippen LogP) is 0.651. The zero-order chi connectivity index (χ0) is 19.5. The molecule has 0 bridgehead atoms. The Morgan fingerprint density at radius 3 is 2.89 bits per heavy atom. The van der Waals surface area contributed by atoms with E-state index in [1.165, 1.54) is 4.80 Å². The summed E-state index contributed by atoms with van der Waals surface area (Å²) in [7, 11) is 0. The van der Waals surface area contributed by atoms with Crippen LogP contribution >= 0.6 is 0 Å². The van der Waals surface area contributed by atoms with Crippen LogP contribution in [0, 0.1) is 0 Å². The quantitative estimate of drug-likeness (QED) is 0.693. The maximum absolute atomic E-state index is 12.8. The first-order chi connectivity index (χ1) is 13.7. The fourth-order valence-electron chi connectivity index (χ4n) is 3.60. The van der Waals surface area contributed by atoms with E-state index < -0.39 is 0 Å². The number of aromatic nitrogens is 7. The minimum absolute atomic E-state index is 0.0354. The van der Waals surface area contributed by atoms with Crippen molar-refractivity contribution in [1.29, 1.82) is 0 Å². The summed E-state index contributed by atoms with van der Waals surface area (Å²) >= 11 is 0. The van der Waals surface area contributed by atoms with Crippen LogP contribution in [-0.2, 0) is 17.9 Å². The number of nitrogens with one attached hydrogen (secondary N) is 1. The van der Waals surface area contributed by atoms with Crippen LogP contribution in [0.4, 0.5) is 0 Å². The van der Waals surface area contributed by atoms with Crippen LogP contribution in [0.2, 0.25) is 0 Å². The van der Waals surface area contributed by atoms with Crippen molar-refractivity contribution in [2.75, 3.05) is 13.1 Å². The Kier molecular flexibility index (Phi) is 5.00. The smallest absolute Gasteiger partial charge is 0.340 e. The van der Waals surface area contributed by atoms with Crippen molar-refractivity contribution in [3.63, 3.8) is 0 Å². The van der Waals surface area contributed by atoms with Gasteiger partial charge in [0.2, 0.25) is 11.7 Å². The number of H-pyrrole nitrogens is 1. The van der Waals surface area contributed by atoms with Gasteiger partial charge in [0, 0.05) is 31.1 Å². The van der Waals surface area contributed by atoms with Crippen molar-refractivity contribution >= 4 is 5.91 Å². The number of rotatable bonds is 5. The minimum atomic E-state index is -0.207. The summed E-state index contributed by atoms with van der Waals surface area (Å²) in [5, 5.41) is 19.0. The van der Waals surface area contributed by atoms with Crippen molar-refractivity contribution in [1.82, 2.24) is 39.9 Å². The Hall–Kier alpha value is -3.30. The van der Waals surface area contributed by atoms with E-state index in [1.54, 1.807) is 9.47 Å². The van der Waals surface area contributed by atoms with Gasteiger partial charge in [-0.25, -0.2) is 9.89 Å². The number of carbonyl (C=O) groups is 1. The van der Waals surface area contributed by atoms with Crippen LogP contribution in [0.3, 0.4) is 0 Å². The fraction of sp³-hybridized carbons (Fsp3) is 0.444. The van der Waals surface area contributed by atoms with Crippen LogP contribution in [0.1, 0.15) is 31.5 Å². The van der Waals surface area contributed by atoms with Crippen LogP contribution in [0.5, 0.6) is 0 Å². The summed E-state index contributed by atoms with van der Waals surface area (Å²) < 4.78 is 1.63. The van der Waals surface area contributed by atoms with Crippen molar-refractivity contribution in [2.45, 2.75) is 38.8 Å². The third-order valence-electron chi connectivity index (χ3n) is 5.00. The molecule has 0 radical (unpaired) electrons. The van der Waals surface area contributed by atoms with E-state index in [0.29, 0.717) is 25.5 Å². The number of nitrogens with zero attached hydrogens (tertiary/aromatic N) is 7. The molecule has 3 aromatic rings. The maximum Gasteiger partial charge on any atom is 0.343 e. The number of likely N-dealkylation sites (tertiary alicyclic amines) is 1. The van der Waals surface area contributed by atoms with E-state index in [2.05, 4.69) is 25.6 Å². The zero-order valence-electron chi connectivity index (χ0n) is 15.7. The maximum atomic E-state index is 12.8. The van der Waals surface area contributed by atoms with E-state index in [0.717, 1.165) is 24.2 Å². The fourth-order valence-corrected chi connectivity index (χ4v) is 3.60. The molecule has 1 saturated heterocycles. The van der Waals surface area contributed by atoms with Gasteiger partial charge in [-0.15, -0.1) is 10.2 Å². The largest absolute Gasteiger partial charge is 0.343 e. The standard InChI is InChI=1S/C18H22N8O2/c1-2-25-17(20-21-18(25)28)14-9-6-10-24(11-14)15(27)12-26-22-16(19-23-26)13-7-4-3-5-8-13/h3-5,7-8,14H,2,6,9-12H2,1H3,(H,21,28)/t14-/m0/s1. The molecule has 1 aromatic carbocycles. The molecule has 28 heavy (non-hydrogen) atoms. The highest BCUT2D eigenvalue weighted by Crippen LogP contribution is 2.25. The molecule has 10 heteroatoms. The molecule has 1 atom stereocenters. The zero-order valence-corrected chi connectivity index (χ0v) is 15.7. The second kappa shape index (κ2) is 7.75. The minimum Gasteiger partial charge on any atom is -0.340 e. The van der Waals surface area contributed by atoms with Crippen molar-refractivity contribution in [3.05, 3.63) is 46.6 Å². The van der Waals surface area contributed by atoms with Crippen LogP contribution in [0.15, 0.2) is 35.1 Å². The van der Waals surface area contributed by atoms with Gasteiger partial charge < -0.3 is 4.90 Å². The van der Waals surface area contributed by atoms with Gasteiger partial charge in [0.15, 0.2) is 0 Å². The highest BCUT2D eigenvalue weighted by atomic mass is 16.2. The second-order valence-corrected chi connectivity index (χ2v) is 6.82. The predicted molar refractivity (Wildman–Crippen MR) is 100 cm³/mol. The van der Waals surface area contributed by atoms with Gasteiger partial charge in [0.25, 0.3) is 0 Å². The number of carbonyl (C=O) groups excluding carboxylic acids is 1. The Labute approximate surface area is 161 Å². The Morgan fingerprint density at radius 2 is 2.11 bits per heavy atom. The number of benzene rings is 1. The topological polar surface area (TPSA) is 115 Å². The molecule has 0 saturated carbocycles. The molecule has 3 heterocycles. The van der Waals surface area contributed by atoms with Crippen molar-refractivity contribution in [3.8, 4) is 11.4 Å². The average molecular weight is 382 g/mol. The Balaban J connectivity index is 1.44. The molecule has 1 amide bonds. The Morgan fingerprint density at radius 1 is 1.29 bits per heavy atom. The lowest BCUT2D eigenvalue weighted by molar-refractivity contribution is -0.133. The first-order valence-corrected chi connectivity index (χ1v) is 9.41. The lowest BCUT2D eigenvalue weighted by Gasteiger charge is -2.32. The molecule has 10 nitrogen and oxygen atoms in total. The molecular formula is C18H22N8O2. The molecule has 1 N–H and O–H groups in total. The molecule has 2 aromatic heterocycles.